The number of benzene rings is 2. The van der Waals surface area contributed by atoms with Crippen LogP contribution in [0, 0.1) is 0 Å². The molecule has 0 saturated carbocycles. The number of rotatable bonds is 8. The van der Waals surface area contributed by atoms with E-state index in [-0.39, 0.29) is 0 Å². The number of piperidine rings is 1. The molecule has 0 bridgehead atoms. The van der Waals surface area contributed by atoms with Gasteiger partial charge in [0.05, 0.1) is 18.2 Å². The van der Waals surface area contributed by atoms with Crippen LogP contribution in [0.3, 0.4) is 0 Å². The Bertz CT molecular complexity index is 1270. The first-order valence-corrected chi connectivity index (χ1v) is 14.1. The Morgan fingerprint density at radius 3 is 2.58 bits per heavy atom. The van der Waals surface area contributed by atoms with Gasteiger partial charge in [-0.1, -0.05) is 66.4 Å². The molecule has 2 saturated heterocycles. The van der Waals surface area contributed by atoms with Crippen molar-refractivity contribution in [3.8, 4) is 0 Å². The largest absolute Gasteiger partial charge is 0.377 e. The van der Waals surface area contributed by atoms with Crippen LogP contribution in [0.5, 0.6) is 0 Å². The summed E-state index contributed by atoms with van der Waals surface area (Å²) in [6, 6.07) is 21.3. The molecule has 2 aromatic carbocycles. The molecule has 4 heterocycles. The van der Waals surface area contributed by atoms with E-state index < -0.39 is 0 Å². The summed E-state index contributed by atoms with van der Waals surface area (Å²) in [6.07, 6.45) is 6.75. The van der Waals surface area contributed by atoms with Gasteiger partial charge in [-0.25, -0.2) is 0 Å². The first-order chi connectivity index (χ1) is 17.8. The number of aromatic nitrogens is 4. The molecule has 2 aliphatic rings. The van der Waals surface area contributed by atoms with Gasteiger partial charge in [0, 0.05) is 36.4 Å². The molecule has 0 aliphatic carbocycles. The van der Waals surface area contributed by atoms with E-state index >= 15 is 0 Å². The number of fused-ring (bicyclic) bond motifs is 1. The van der Waals surface area contributed by atoms with Crippen LogP contribution in [0.25, 0.3) is 10.9 Å². The van der Waals surface area contributed by atoms with Crippen molar-refractivity contribution in [1.29, 1.82) is 0 Å². The van der Waals surface area contributed by atoms with E-state index in [0.29, 0.717) is 12.0 Å². The molecular weight excluding hydrogens is 466 g/mol. The normalized spacial score (nSPS) is 19.3. The summed E-state index contributed by atoms with van der Waals surface area (Å²) in [4.78, 5) is 7.21. The molecule has 1 atom stereocenters. The van der Waals surface area contributed by atoms with E-state index in [9.17, 15) is 0 Å². The fraction of sp³-hybridized carbons (Fsp3) is 0.414. The minimum absolute atomic E-state index is 0.340. The lowest BCUT2D eigenvalue weighted by molar-refractivity contribution is 0.129. The maximum absolute atomic E-state index is 5.86. The topological polar surface area (TPSA) is 56.1 Å². The minimum atomic E-state index is 0.340. The van der Waals surface area contributed by atoms with Crippen molar-refractivity contribution in [1.82, 2.24) is 24.6 Å². The van der Waals surface area contributed by atoms with Gasteiger partial charge in [-0.05, 0) is 56.0 Å². The van der Waals surface area contributed by atoms with E-state index in [1.165, 1.54) is 22.9 Å². The summed E-state index contributed by atoms with van der Waals surface area (Å²) < 4.78 is 8.22. The van der Waals surface area contributed by atoms with Gasteiger partial charge in [0.15, 0.2) is 5.16 Å². The third-order valence-corrected chi connectivity index (χ3v) is 8.51. The minimum Gasteiger partial charge on any atom is -0.377 e. The number of ether oxygens (including phenoxy) is 1. The van der Waals surface area contributed by atoms with Crippen LogP contribution in [0.1, 0.15) is 48.6 Å². The Morgan fingerprint density at radius 1 is 0.889 bits per heavy atom. The first kappa shape index (κ1) is 23.6. The van der Waals surface area contributed by atoms with E-state index in [1.54, 1.807) is 11.8 Å². The lowest BCUT2D eigenvalue weighted by Crippen LogP contribution is -2.33. The number of nitrogens with zero attached hydrogens (tertiary/aromatic N) is 5. The van der Waals surface area contributed by atoms with Gasteiger partial charge in [-0.15, -0.1) is 10.2 Å². The molecule has 186 valence electrons. The van der Waals surface area contributed by atoms with Crippen LogP contribution in [0.15, 0.2) is 72.0 Å². The van der Waals surface area contributed by atoms with E-state index in [4.69, 9.17) is 9.84 Å². The highest BCUT2D eigenvalue weighted by molar-refractivity contribution is 7.99. The maximum Gasteiger partial charge on any atom is 0.191 e. The van der Waals surface area contributed by atoms with Gasteiger partial charge >= 0.3 is 0 Å². The van der Waals surface area contributed by atoms with Crippen LogP contribution in [0.2, 0.25) is 0 Å². The zero-order valence-corrected chi connectivity index (χ0v) is 21.4. The lowest BCUT2D eigenvalue weighted by atomic mass is 9.95. The summed E-state index contributed by atoms with van der Waals surface area (Å²) >= 11 is 1.80. The lowest BCUT2D eigenvalue weighted by Gasteiger charge is -2.32. The molecular formula is C29H33N5OS. The Morgan fingerprint density at radius 2 is 1.75 bits per heavy atom. The van der Waals surface area contributed by atoms with Crippen molar-refractivity contribution in [2.45, 2.75) is 56.0 Å². The van der Waals surface area contributed by atoms with Crippen molar-refractivity contribution in [3.05, 3.63) is 83.8 Å². The Labute approximate surface area is 217 Å². The highest BCUT2D eigenvalue weighted by atomic mass is 32.2. The second-order valence-corrected chi connectivity index (χ2v) is 10.9. The molecule has 6 nitrogen and oxygen atoms in total. The zero-order chi connectivity index (χ0) is 24.2. The highest BCUT2D eigenvalue weighted by Gasteiger charge is 2.27. The smallest absolute Gasteiger partial charge is 0.191 e. The SMILES string of the molecule is c1ccc(Cn2c(SCC3CCCO3)nnc2C2CCN(Cc3cccc4cccnc34)CC2)cc1. The molecule has 1 unspecified atom stereocenters. The van der Waals surface area contributed by atoms with Gasteiger partial charge < -0.3 is 9.30 Å². The van der Waals surface area contributed by atoms with Crippen molar-refractivity contribution in [2.75, 3.05) is 25.4 Å². The van der Waals surface area contributed by atoms with E-state index in [0.717, 1.165) is 74.3 Å². The monoisotopic (exact) mass is 499 g/mol. The van der Waals surface area contributed by atoms with Crippen LogP contribution < -0.4 is 0 Å². The first-order valence-electron chi connectivity index (χ1n) is 13.1. The molecule has 2 fully saturated rings. The average molecular weight is 500 g/mol. The fourth-order valence-corrected chi connectivity index (χ4v) is 6.46. The van der Waals surface area contributed by atoms with Crippen LogP contribution in [0.4, 0.5) is 0 Å². The Kier molecular flexibility index (Phi) is 7.30. The fourth-order valence-electron chi connectivity index (χ4n) is 5.45. The quantitative estimate of drug-likeness (QED) is 0.297. The molecule has 7 heteroatoms. The van der Waals surface area contributed by atoms with E-state index in [1.807, 2.05) is 12.3 Å². The molecule has 6 rings (SSSR count). The molecule has 2 aromatic heterocycles. The molecule has 0 N–H and O–H groups in total. The second-order valence-electron chi connectivity index (χ2n) is 9.90. The molecule has 0 radical (unpaired) electrons. The van der Waals surface area contributed by atoms with Gasteiger partial charge in [0.1, 0.15) is 5.82 Å². The molecule has 2 aliphatic heterocycles. The van der Waals surface area contributed by atoms with Crippen molar-refractivity contribution in [3.63, 3.8) is 0 Å². The highest BCUT2D eigenvalue weighted by Crippen LogP contribution is 2.32. The third kappa shape index (κ3) is 5.33. The second kappa shape index (κ2) is 11.1. The molecule has 4 aromatic rings. The number of para-hydroxylation sites is 1. The Balaban J connectivity index is 1.16. The van der Waals surface area contributed by atoms with E-state index in [2.05, 4.69) is 74.1 Å². The van der Waals surface area contributed by atoms with Gasteiger partial charge in [0.25, 0.3) is 0 Å². The summed E-state index contributed by atoms with van der Waals surface area (Å²) in [5, 5.41) is 11.7. The summed E-state index contributed by atoms with van der Waals surface area (Å²) in [6.45, 7) is 4.77. The molecule has 0 spiro atoms. The average Bonchev–Trinajstić information content (AvgIpc) is 3.59. The van der Waals surface area contributed by atoms with Crippen LogP contribution >= 0.6 is 11.8 Å². The number of pyridine rings is 1. The maximum atomic E-state index is 5.86. The summed E-state index contributed by atoms with van der Waals surface area (Å²) in [5.41, 5.74) is 3.72. The number of thioether (sulfide) groups is 1. The molecule has 36 heavy (non-hydrogen) atoms. The van der Waals surface area contributed by atoms with Crippen molar-refractivity contribution in [2.24, 2.45) is 0 Å². The number of likely N-dealkylation sites (tertiary alicyclic amines) is 1. The zero-order valence-electron chi connectivity index (χ0n) is 20.6. The summed E-state index contributed by atoms with van der Waals surface area (Å²) in [5.74, 6) is 2.52. The number of hydrogen-bond acceptors (Lipinski definition) is 6. The third-order valence-electron chi connectivity index (χ3n) is 7.41. The van der Waals surface area contributed by atoms with Crippen molar-refractivity contribution >= 4 is 22.7 Å². The van der Waals surface area contributed by atoms with Gasteiger partial charge in [-0.2, -0.15) is 0 Å². The van der Waals surface area contributed by atoms with Gasteiger partial charge in [-0.3, -0.25) is 9.88 Å². The predicted molar refractivity (Wildman–Crippen MR) is 144 cm³/mol. The molecule has 0 amide bonds. The van der Waals surface area contributed by atoms with Crippen molar-refractivity contribution < 1.29 is 4.74 Å². The number of hydrogen-bond donors (Lipinski definition) is 0. The van der Waals surface area contributed by atoms with Crippen LogP contribution in [-0.2, 0) is 17.8 Å². The predicted octanol–water partition coefficient (Wildman–Crippen LogP) is 5.53. The Hall–Kier alpha value is -2.74. The summed E-state index contributed by atoms with van der Waals surface area (Å²) in [7, 11) is 0. The van der Waals surface area contributed by atoms with Crippen LogP contribution in [-0.4, -0.2) is 56.2 Å². The van der Waals surface area contributed by atoms with Gasteiger partial charge in [0.2, 0.25) is 0 Å². The standard InChI is InChI=1S/C29H33N5OS/c1-2-7-22(8-3-1)19-34-28(31-32-29(34)36-21-26-12-6-18-35-26)24-13-16-33(17-14-24)20-25-10-4-9-23-11-5-15-30-27(23)25/h1-5,7-11,15,24,26H,6,12-14,16-21H2.